The Balaban J connectivity index is 2.30. The Morgan fingerprint density at radius 3 is 1.88 bits per heavy atom. The van der Waals surface area contributed by atoms with E-state index in [-0.39, 0.29) is 0 Å². The van der Waals surface area contributed by atoms with Crippen molar-refractivity contribution in [2.75, 3.05) is 6.54 Å². The molecule has 0 atom stereocenters. The molecule has 0 radical (unpaired) electrons. The lowest BCUT2D eigenvalue weighted by atomic mass is 10.2. The van der Waals surface area contributed by atoms with Gasteiger partial charge in [0.05, 0.1) is 13.6 Å². The largest absolute Gasteiger partial charge is 0.305 e. The first-order chi connectivity index (χ1) is 7.70. The Kier molecular flexibility index (Phi) is 4.61. The summed E-state index contributed by atoms with van der Waals surface area (Å²) in [5.41, 5.74) is 0. The van der Waals surface area contributed by atoms with Gasteiger partial charge in [0.15, 0.2) is 0 Å². The maximum Gasteiger partial charge on any atom is 0.0765 e. The van der Waals surface area contributed by atoms with Crippen LogP contribution in [0.1, 0.15) is 22.7 Å². The lowest BCUT2D eigenvalue weighted by molar-refractivity contribution is 0.649. The fraction of sp³-hybridized carbons (Fsp3) is 0.273. The zero-order valence-corrected chi connectivity index (χ0v) is 13.5. The van der Waals surface area contributed by atoms with E-state index < -0.39 is 0 Å². The summed E-state index contributed by atoms with van der Waals surface area (Å²) in [5.74, 6) is 0. The maximum atomic E-state index is 3.52. The molecule has 0 aliphatic rings. The number of rotatable bonds is 4. The number of hydrogen-bond acceptors (Lipinski definition) is 3. The fourth-order valence-corrected chi connectivity index (χ4v) is 4.62. The van der Waals surface area contributed by atoms with Crippen molar-refractivity contribution in [3.63, 3.8) is 0 Å². The van der Waals surface area contributed by atoms with E-state index in [0.717, 1.165) is 6.54 Å². The first kappa shape index (κ1) is 12.8. The van der Waals surface area contributed by atoms with Gasteiger partial charge in [-0.15, -0.1) is 22.7 Å². The normalized spacial score (nSPS) is 11.2. The summed E-state index contributed by atoms with van der Waals surface area (Å²) in [6.45, 7) is 3.11. The monoisotopic (exact) mass is 379 g/mol. The van der Waals surface area contributed by atoms with Crippen LogP contribution < -0.4 is 5.32 Å². The summed E-state index contributed by atoms with van der Waals surface area (Å²) in [6.07, 6.45) is 0. The van der Waals surface area contributed by atoms with E-state index in [9.17, 15) is 0 Å². The molecule has 1 N–H and O–H groups in total. The van der Waals surface area contributed by atoms with Crippen LogP contribution in [0.2, 0.25) is 0 Å². The van der Waals surface area contributed by atoms with Crippen LogP contribution in [0.5, 0.6) is 0 Å². The Labute approximate surface area is 120 Å². The molecular formula is C11H11Br2NS2. The van der Waals surface area contributed by atoms with Crippen molar-refractivity contribution in [1.82, 2.24) is 5.32 Å². The summed E-state index contributed by atoms with van der Waals surface area (Å²) in [7, 11) is 0. The molecule has 0 aliphatic carbocycles. The Bertz CT molecular complexity index is 424. The van der Waals surface area contributed by atoms with Crippen LogP contribution in [-0.4, -0.2) is 6.54 Å². The lowest BCUT2D eigenvalue weighted by Crippen LogP contribution is -2.19. The van der Waals surface area contributed by atoms with Crippen molar-refractivity contribution in [3.8, 4) is 0 Å². The van der Waals surface area contributed by atoms with E-state index in [1.807, 2.05) is 0 Å². The number of hydrogen-bond donors (Lipinski definition) is 1. The summed E-state index contributed by atoms with van der Waals surface area (Å²) in [6, 6.07) is 8.88. The zero-order chi connectivity index (χ0) is 11.5. The minimum Gasteiger partial charge on any atom is -0.305 e. The van der Waals surface area contributed by atoms with E-state index in [1.165, 1.54) is 17.3 Å². The topological polar surface area (TPSA) is 12.0 Å². The van der Waals surface area contributed by atoms with Gasteiger partial charge in [-0.1, -0.05) is 6.92 Å². The van der Waals surface area contributed by atoms with Crippen molar-refractivity contribution in [2.45, 2.75) is 13.0 Å². The molecule has 1 nitrogen and oxygen atoms in total. The van der Waals surface area contributed by atoms with Crippen LogP contribution in [0.4, 0.5) is 0 Å². The molecule has 0 aromatic carbocycles. The summed E-state index contributed by atoms with van der Waals surface area (Å²) in [4.78, 5) is 2.70. The minimum absolute atomic E-state index is 0.317. The highest BCUT2D eigenvalue weighted by Crippen LogP contribution is 2.35. The van der Waals surface area contributed by atoms with Crippen molar-refractivity contribution >= 4 is 54.5 Å². The van der Waals surface area contributed by atoms with E-state index in [2.05, 4.69) is 68.4 Å². The second-order valence-electron chi connectivity index (χ2n) is 3.27. The van der Waals surface area contributed by atoms with Crippen molar-refractivity contribution < 1.29 is 0 Å². The molecule has 0 spiro atoms. The average Bonchev–Trinajstić information content (AvgIpc) is 2.84. The second kappa shape index (κ2) is 5.78. The second-order valence-corrected chi connectivity index (χ2v) is 8.26. The van der Waals surface area contributed by atoms with Gasteiger partial charge in [-0.25, -0.2) is 0 Å². The summed E-state index contributed by atoms with van der Waals surface area (Å²) in [5, 5.41) is 3.52. The SMILES string of the molecule is CCNC(c1ccc(Br)s1)c1ccc(Br)s1. The Morgan fingerprint density at radius 2 is 1.56 bits per heavy atom. The first-order valence-electron chi connectivity index (χ1n) is 4.94. The number of thiophene rings is 2. The number of nitrogens with one attached hydrogen (secondary N) is 1. The van der Waals surface area contributed by atoms with Gasteiger partial charge in [-0.2, -0.15) is 0 Å². The van der Waals surface area contributed by atoms with Crippen LogP contribution in [0.25, 0.3) is 0 Å². The molecule has 5 heteroatoms. The lowest BCUT2D eigenvalue weighted by Gasteiger charge is -2.14. The van der Waals surface area contributed by atoms with E-state index in [1.54, 1.807) is 22.7 Å². The van der Waals surface area contributed by atoms with Crippen molar-refractivity contribution in [1.29, 1.82) is 0 Å². The quantitative estimate of drug-likeness (QED) is 0.783. The molecule has 2 heterocycles. The summed E-state index contributed by atoms with van der Waals surface area (Å²) >= 11 is 10.6. The molecule has 0 aliphatic heterocycles. The molecule has 0 saturated carbocycles. The maximum absolute atomic E-state index is 3.52. The van der Waals surface area contributed by atoms with Crippen LogP contribution in [-0.2, 0) is 0 Å². The summed E-state index contributed by atoms with van der Waals surface area (Å²) < 4.78 is 2.36. The minimum atomic E-state index is 0.317. The Hall–Kier alpha value is 0.320. The molecule has 0 fully saturated rings. The highest BCUT2D eigenvalue weighted by atomic mass is 79.9. The molecule has 2 aromatic heterocycles. The Morgan fingerprint density at radius 1 is 1.06 bits per heavy atom. The van der Waals surface area contributed by atoms with E-state index in [0.29, 0.717) is 6.04 Å². The van der Waals surface area contributed by atoms with Crippen molar-refractivity contribution in [3.05, 3.63) is 41.6 Å². The standard InChI is InChI=1S/C11H11Br2NS2/c1-2-14-11(7-3-5-9(12)15-7)8-4-6-10(13)16-8/h3-6,11,14H,2H2,1H3. The molecule has 2 rings (SSSR count). The van der Waals surface area contributed by atoms with Crippen LogP contribution in [0, 0.1) is 0 Å². The molecule has 0 saturated heterocycles. The molecular weight excluding hydrogens is 370 g/mol. The third kappa shape index (κ3) is 2.96. The predicted octanol–water partition coefficient (Wildman–Crippen LogP) is 5.03. The van der Waals surface area contributed by atoms with Gasteiger partial charge < -0.3 is 5.32 Å². The molecule has 2 aromatic rings. The van der Waals surface area contributed by atoms with E-state index in [4.69, 9.17) is 0 Å². The molecule has 86 valence electrons. The van der Waals surface area contributed by atoms with Gasteiger partial charge in [-0.3, -0.25) is 0 Å². The average molecular weight is 381 g/mol. The van der Waals surface area contributed by atoms with Crippen LogP contribution in [0.15, 0.2) is 31.8 Å². The van der Waals surface area contributed by atoms with Gasteiger partial charge in [0.2, 0.25) is 0 Å². The van der Waals surface area contributed by atoms with Crippen LogP contribution in [0.3, 0.4) is 0 Å². The number of halogens is 2. The highest BCUT2D eigenvalue weighted by Gasteiger charge is 2.16. The predicted molar refractivity (Wildman–Crippen MR) is 79.6 cm³/mol. The van der Waals surface area contributed by atoms with E-state index >= 15 is 0 Å². The third-order valence-electron chi connectivity index (χ3n) is 2.17. The van der Waals surface area contributed by atoms with Gasteiger partial charge >= 0.3 is 0 Å². The zero-order valence-electron chi connectivity index (χ0n) is 8.67. The smallest absolute Gasteiger partial charge is 0.0765 e. The van der Waals surface area contributed by atoms with Gasteiger partial charge in [0, 0.05) is 9.75 Å². The van der Waals surface area contributed by atoms with Gasteiger partial charge in [-0.05, 0) is 62.7 Å². The molecule has 0 bridgehead atoms. The fourth-order valence-electron chi connectivity index (χ4n) is 1.51. The van der Waals surface area contributed by atoms with Crippen LogP contribution >= 0.6 is 54.5 Å². The van der Waals surface area contributed by atoms with Gasteiger partial charge in [0.25, 0.3) is 0 Å². The van der Waals surface area contributed by atoms with Crippen molar-refractivity contribution in [2.24, 2.45) is 0 Å². The highest BCUT2D eigenvalue weighted by molar-refractivity contribution is 9.11. The molecule has 16 heavy (non-hydrogen) atoms. The third-order valence-corrected chi connectivity index (χ3v) is 5.54. The first-order valence-corrected chi connectivity index (χ1v) is 8.16. The van der Waals surface area contributed by atoms with Gasteiger partial charge in [0.1, 0.15) is 0 Å². The molecule has 0 unspecified atom stereocenters. The molecule has 0 amide bonds.